The molecule has 0 saturated carbocycles. The second-order valence-corrected chi connectivity index (χ2v) is 0.857. The van der Waals surface area contributed by atoms with Gasteiger partial charge in [0, 0.05) is 22.4 Å². The first-order valence-electron chi connectivity index (χ1n) is 1.51. The third-order valence-electron chi connectivity index (χ3n) is 0.434. The fourth-order valence-electron chi connectivity index (χ4n) is 0.219. The van der Waals surface area contributed by atoms with Crippen molar-refractivity contribution in [3.8, 4) is 0 Å². The zero-order chi connectivity index (χ0) is 4.41. The summed E-state index contributed by atoms with van der Waals surface area (Å²) < 4.78 is 0. The Balaban J connectivity index is 0.000000360. The number of aromatic nitrogens is 3. The van der Waals surface area contributed by atoms with Crippen LogP contribution in [-0.4, -0.2) is 15.2 Å². The summed E-state index contributed by atoms with van der Waals surface area (Å²) in [5, 5.41) is 5.90. The summed E-state index contributed by atoms with van der Waals surface area (Å²) in [6.07, 6.45) is 1.43. The number of nitrogen functional groups attached to an aromatic ring is 1. The van der Waals surface area contributed by atoms with E-state index in [2.05, 4.69) is 15.2 Å². The van der Waals surface area contributed by atoms with Crippen molar-refractivity contribution in [2.75, 3.05) is 5.73 Å². The van der Waals surface area contributed by atoms with Crippen LogP contribution in [0.5, 0.6) is 0 Å². The van der Waals surface area contributed by atoms with Gasteiger partial charge in [0.2, 0.25) is 5.95 Å². The maximum absolute atomic E-state index is 5.02. The molecule has 0 aromatic carbocycles. The molecular weight excluding hydrogens is 188 g/mol. The molecule has 0 spiro atoms. The van der Waals surface area contributed by atoms with Gasteiger partial charge in [-0.2, -0.15) is 0 Å². The molecule has 0 amide bonds. The van der Waals surface area contributed by atoms with Crippen LogP contribution in [0, 0.1) is 0 Å². The van der Waals surface area contributed by atoms with E-state index in [0.29, 0.717) is 0 Å². The molecule has 1 aromatic rings. The minimum atomic E-state index is 0. The van der Waals surface area contributed by atoms with Gasteiger partial charge in [0.15, 0.2) is 0 Å². The zero-order valence-electron chi connectivity index (χ0n) is 3.35. The standard InChI is InChI=1S/C2H4N4.Ag/c3-2-4-1-5-6-2;/h1H,(H3,3,4,5,6);. The number of rotatable bonds is 0. The average molecular weight is 192 g/mol. The van der Waals surface area contributed by atoms with Crippen LogP contribution >= 0.6 is 0 Å². The fraction of sp³-hybridized carbons (Fsp3) is 0. The van der Waals surface area contributed by atoms with Crippen molar-refractivity contribution in [1.29, 1.82) is 0 Å². The van der Waals surface area contributed by atoms with Crippen molar-refractivity contribution < 1.29 is 22.4 Å². The minimum Gasteiger partial charge on any atom is -0.367 e. The third-order valence-corrected chi connectivity index (χ3v) is 0.434. The summed E-state index contributed by atoms with van der Waals surface area (Å²) in [5.74, 6) is 0.287. The maximum Gasteiger partial charge on any atom is 0.239 e. The number of nitrogens with zero attached hydrogens (tertiary/aromatic N) is 2. The van der Waals surface area contributed by atoms with Crippen molar-refractivity contribution in [3.05, 3.63) is 6.33 Å². The summed E-state index contributed by atoms with van der Waals surface area (Å²) >= 11 is 0. The topological polar surface area (TPSA) is 67.6 Å². The molecule has 0 unspecified atom stereocenters. The number of H-pyrrole nitrogens is 1. The molecule has 1 radical (unpaired) electrons. The normalized spacial score (nSPS) is 7.43. The Bertz CT molecular complexity index is 113. The number of aromatic amines is 1. The predicted octanol–water partition coefficient (Wildman–Crippen LogP) is -0.616. The molecule has 5 heteroatoms. The van der Waals surface area contributed by atoms with E-state index in [4.69, 9.17) is 5.73 Å². The van der Waals surface area contributed by atoms with Crippen molar-refractivity contribution in [2.45, 2.75) is 0 Å². The van der Waals surface area contributed by atoms with Gasteiger partial charge in [0.25, 0.3) is 0 Å². The van der Waals surface area contributed by atoms with Gasteiger partial charge in [-0.25, -0.2) is 4.98 Å². The molecule has 0 saturated heterocycles. The Hall–Kier alpha value is -0.320. The number of hydrogen-bond donors (Lipinski definition) is 2. The van der Waals surface area contributed by atoms with E-state index in [-0.39, 0.29) is 28.3 Å². The summed E-state index contributed by atoms with van der Waals surface area (Å²) in [6.45, 7) is 0. The molecule has 0 aliphatic heterocycles. The van der Waals surface area contributed by atoms with E-state index in [0.717, 1.165) is 0 Å². The average Bonchev–Trinajstić information content (AvgIpc) is 1.86. The summed E-state index contributed by atoms with van der Waals surface area (Å²) in [5.41, 5.74) is 5.02. The van der Waals surface area contributed by atoms with Crippen LogP contribution in [0.15, 0.2) is 6.33 Å². The Kier molecular flexibility index (Phi) is 2.66. The first-order valence-corrected chi connectivity index (χ1v) is 1.51. The van der Waals surface area contributed by atoms with E-state index in [1.165, 1.54) is 6.33 Å². The second kappa shape index (κ2) is 2.79. The van der Waals surface area contributed by atoms with Gasteiger partial charge in [-0.1, -0.05) is 0 Å². The van der Waals surface area contributed by atoms with Crippen LogP contribution < -0.4 is 5.73 Å². The van der Waals surface area contributed by atoms with Crippen LogP contribution in [0.2, 0.25) is 0 Å². The number of anilines is 1. The molecule has 0 bridgehead atoms. The van der Waals surface area contributed by atoms with E-state index in [9.17, 15) is 0 Å². The summed E-state index contributed by atoms with van der Waals surface area (Å²) in [7, 11) is 0. The zero-order valence-corrected chi connectivity index (χ0v) is 4.83. The number of nitrogens with one attached hydrogen (secondary N) is 1. The first kappa shape index (κ1) is 6.68. The third kappa shape index (κ3) is 1.72. The van der Waals surface area contributed by atoms with Gasteiger partial charge in [-0.15, -0.1) is 5.10 Å². The van der Waals surface area contributed by atoms with E-state index < -0.39 is 0 Å². The summed E-state index contributed by atoms with van der Waals surface area (Å²) in [6, 6.07) is 0. The first-order chi connectivity index (χ1) is 2.89. The van der Waals surface area contributed by atoms with Crippen molar-refractivity contribution >= 4 is 5.95 Å². The Labute approximate surface area is 56.0 Å². The van der Waals surface area contributed by atoms with Gasteiger partial charge in [0.1, 0.15) is 6.33 Å². The molecule has 1 heterocycles. The summed E-state index contributed by atoms with van der Waals surface area (Å²) in [4.78, 5) is 3.53. The molecule has 1 aromatic heterocycles. The van der Waals surface area contributed by atoms with Crippen LogP contribution in [0.3, 0.4) is 0 Å². The molecule has 1 rings (SSSR count). The Morgan fingerprint density at radius 1 is 1.71 bits per heavy atom. The molecular formula is C2H4AgN4. The molecule has 0 atom stereocenters. The predicted molar refractivity (Wildman–Crippen MR) is 20.8 cm³/mol. The van der Waals surface area contributed by atoms with Crippen molar-refractivity contribution in [3.63, 3.8) is 0 Å². The van der Waals surface area contributed by atoms with E-state index in [1.807, 2.05) is 0 Å². The largest absolute Gasteiger partial charge is 0.367 e. The quantitative estimate of drug-likeness (QED) is 0.538. The molecule has 7 heavy (non-hydrogen) atoms. The van der Waals surface area contributed by atoms with Crippen LogP contribution in [-0.2, 0) is 22.4 Å². The number of hydrogen-bond acceptors (Lipinski definition) is 3. The van der Waals surface area contributed by atoms with Crippen LogP contribution in [0.1, 0.15) is 0 Å². The van der Waals surface area contributed by atoms with E-state index >= 15 is 0 Å². The van der Waals surface area contributed by atoms with Crippen molar-refractivity contribution in [2.24, 2.45) is 0 Å². The second-order valence-electron chi connectivity index (χ2n) is 0.857. The molecule has 43 valence electrons. The monoisotopic (exact) mass is 191 g/mol. The Morgan fingerprint density at radius 3 is 2.57 bits per heavy atom. The molecule has 0 fully saturated rings. The smallest absolute Gasteiger partial charge is 0.239 e. The number of nitrogens with two attached hydrogens (primary N) is 1. The maximum atomic E-state index is 5.02. The van der Waals surface area contributed by atoms with Crippen molar-refractivity contribution in [1.82, 2.24) is 15.2 Å². The molecule has 3 N–H and O–H groups in total. The minimum absolute atomic E-state index is 0. The Morgan fingerprint density at radius 2 is 2.43 bits per heavy atom. The SMILES string of the molecule is Nc1nc[nH]n1.[Ag]. The fourth-order valence-corrected chi connectivity index (χ4v) is 0.219. The van der Waals surface area contributed by atoms with Gasteiger partial charge >= 0.3 is 0 Å². The molecule has 4 nitrogen and oxygen atoms in total. The van der Waals surface area contributed by atoms with Gasteiger partial charge < -0.3 is 5.73 Å². The van der Waals surface area contributed by atoms with Crippen LogP contribution in [0.4, 0.5) is 5.95 Å². The molecule has 0 aliphatic rings. The molecule has 0 aliphatic carbocycles. The van der Waals surface area contributed by atoms with Gasteiger partial charge in [-0.3, -0.25) is 5.10 Å². The van der Waals surface area contributed by atoms with Gasteiger partial charge in [0.05, 0.1) is 0 Å². The van der Waals surface area contributed by atoms with Crippen LogP contribution in [0.25, 0.3) is 0 Å². The van der Waals surface area contributed by atoms with Gasteiger partial charge in [-0.05, 0) is 0 Å². The van der Waals surface area contributed by atoms with E-state index in [1.54, 1.807) is 0 Å².